The number of fused-ring (bicyclic) bond motifs is 1. The molecule has 0 saturated carbocycles. The molecule has 0 unspecified atom stereocenters. The highest BCUT2D eigenvalue weighted by Gasteiger charge is 2.15. The molecule has 0 aliphatic rings. The van der Waals surface area contributed by atoms with Crippen molar-refractivity contribution in [2.45, 2.75) is 45.7 Å². The van der Waals surface area contributed by atoms with Gasteiger partial charge in [0.05, 0.1) is 43.3 Å². The maximum Gasteiger partial charge on any atom is 0.124 e. The van der Waals surface area contributed by atoms with Gasteiger partial charge in [-0.25, -0.2) is 4.98 Å². The van der Waals surface area contributed by atoms with E-state index >= 15 is 0 Å². The van der Waals surface area contributed by atoms with Crippen LogP contribution in [-0.4, -0.2) is 59.6 Å². The zero-order valence-electron chi connectivity index (χ0n) is 22.9. The molecule has 0 fully saturated rings. The van der Waals surface area contributed by atoms with Gasteiger partial charge in [-0.15, -0.1) is 0 Å². The number of nitrogens with two attached hydrogens (primary N) is 1. The predicted octanol–water partition coefficient (Wildman–Crippen LogP) is 4.78. The van der Waals surface area contributed by atoms with Gasteiger partial charge in [-0.05, 0) is 37.6 Å². The van der Waals surface area contributed by atoms with Gasteiger partial charge in [0.1, 0.15) is 11.5 Å². The molecule has 2 aromatic heterocycles. The van der Waals surface area contributed by atoms with Crippen molar-refractivity contribution < 1.29 is 9.47 Å². The third-order valence-electron chi connectivity index (χ3n) is 6.39. The number of anilines is 2. The zero-order valence-corrected chi connectivity index (χ0v) is 22.9. The number of methoxy groups -OCH3 is 2. The molecule has 38 heavy (non-hydrogen) atoms. The first-order valence-electron chi connectivity index (χ1n) is 13.2. The Morgan fingerprint density at radius 3 is 2.45 bits per heavy atom. The van der Waals surface area contributed by atoms with Crippen LogP contribution in [0.25, 0.3) is 22.3 Å². The summed E-state index contributed by atoms with van der Waals surface area (Å²) >= 11 is 0. The number of rotatable bonds is 14. The minimum absolute atomic E-state index is 0.392. The highest BCUT2D eigenvalue weighted by molar-refractivity contribution is 5.82. The summed E-state index contributed by atoms with van der Waals surface area (Å²) in [5.74, 6) is 1.48. The molecule has 0 aliphatic carbocycles. The van der Waals surface area contributed by atoms with E-state index in [0.29, 0.717) is 6.04 Å². The van der Waals surface area contributed by atoms with Crippen molar-refractivity contribution in [3.63, 3.8) is 0 Å². The Morgan fingerprint density at radius 1 is 0.947 bits per heavy atom. The van der Waals surface area contributed by atoms with Crippen LogP contribution in [-0.2, 0) is 6.54 Å². The second-order valence-electron chi connectivity index (χ2n) is 9.60. The first kappa shape index (κ1) is 27.3. The van der Waals surface area contributed by atoms with Crippen LogP contribution < -0.4 is 25.4 Å². The fourth-order valence-electron chi connectivity index (χ4n) is 4.34. The minimum Gasteiger partial charge on any atom is -0.497 e. The van der Waals surface area contributed by atoms with Gasteiger partial charge in [-0.3, -0.25) is 9.67 Å². The molecule has 0 atom stereocenters. The van der Waals surface area contributed by atoms with Crippen LogP contribution in [0.4, 0.5) is 11.4 Å². The highest BCUT2D eigenvalue weighted by atomic mass is 16.5. The Bertz CT molecular complexity index is 1300. The number of unbranched alkanes of at least 4 members (excludes halogenated alkanes) is 2. The van der Waals surface area contributed by atoms with Crippen LogP contribution >= 0.6 is 0 Å². The standard InChI is InChI=1S/C29H39N7O2/c1-21(2)31-11-13-36(24-14-25(37-3)17-26(15-24)38-4)23-8-9-27-28(16-23)34-29(19-32-27)22-18-33-35(20-22)12-7-5-6-10-30/h8-9,14-21,31H,5-7,10-13,30H2,1-4H3. The molecule has 0 saturated heterocycles. The molecule has 202 valence electrons. The molecule has 2 aromatic carbocycles. The Hall–Kier alpha value is -3.69. The van der Waals surface area contributed by atoms with Crippen LogP contribution in [0.15, 0.2) is 55.0 Å². The summed E-state index contributed by atoms with van der Waals surface area (Å²) in [6.45, 7) is 7.46. The van der Waals surface area contributed by atoms with Crippen molar-refractivity contribution in [1.29, 1.82) is 0 Å². The van der Waals surface area contributed by atoms with E-state index in [2.05, 4.69) is 46.3 Å². The van der Waals surface area contributed by atoms with Crippen molar-refractivity contribution >= 4 is 22.4 Å². The SMILES string of the molecule is COc1cc(OC)cc(N(CCNC(C)C)c2ccc3ncc(-c4cnn(CCCCCN)c4)nc3c2)c1. The number of benzene rings is 2. The average molecular weight is 518 g/mol. The monoisotopic (exact) mass is 517 g/mol. The van der Waals surface area contributed by atoms with E-state index in [-0.39, 0.29) is 0 Å². The van der Waals surface area contributed by atoms with Crippen LogP contribution in [0.5, 0.6) is 11.5 Å². The topological polar surface area (TPSA) is 103 Å². The van der Waals surface area contributed by atoms with Gasteiger partial charge in [0, 0.05) is 67.0 Å². The summed E-state index contributed by atoms with van der Waals surface area (Å²) in [4.78, 5) is 11.9. The molecule has 9 heteroatoms. The number of nitrogens with one attached hydrogen (secondary N) is 1. The molecular weight excluding hydrogens is 478 g/mol. The first-order chi connectivity index (χ1) is 18.5. The van der Waals surface area contributed by atoms with Crippen molar-refractivity contribution in [2.75, 3.05) is 38.8 Å². The molecule has 4 rings (SSSR count). The molecule has 0 radical (unpaired) electrons. The van der Waals surface area contributed by atoms with Crippen molar-refractivity contribution in [3.05, 3.63) is 55.0 Å². The lowest BCUT2D eigenvalue weighted by Gasteiger charge is -2.27. The number of aryl methyl sites for hydroxylation is 1. The summed E-state index contributed by atoms with van der Waals surface area (Å²) in [6.07, 6.45) is 8.91. The number of ether oxygens (including phenoxy) is 2. The largest absolute Gasteiger partial charge is 0.497 e. The second kappa shape index (κ2) is 13.2. The molecule has 0 spiro atoms. The summed E-state index contributed by atoms with van der Waals surface area (Å²) in [5.41, 5.74) is 11.0. The number of nitrogens with zero attached hydrogens (tertiary/aromatic N) is 5. The highest BCUT2D eigenvalue weighted by Crippen LogP contribution is 2.34. The zero-order chi connectivity index (χ0) is 26.9. The lowest BCUT2D eigenvalue weighted by molar-refractivity contribution is 0.394. The van der Waals surface area contributed by atoms with Crippen LogP contribution in [0.3, 0.4) is 0 Å². The number of hydrogen-bond donors (Lipinski definition) is 2. The fourth-order valence-corrected chi connectivity index (χ4v) is 4.34. The van der Waals surface area contributed by atoms with Gasteiger partial charge in [-0.1, -0.05) is 20.3 Å². The van der Waals surface area contributed by atoms with E-state index in [9.17, 15) is 0 Å². The average Bonchev–Trinajstić information content (AvgIpc) is 3.41. The van der Waals surface area contributed by atoms with Crippen molar-refractivity contribution in [1.82, 2.24) is 25.1 Å². The summed E-state index contributed by atoms with van der Waals surface area (Å²) in [7, 11) is 3.33. The van der Waals surface area contributed by atoms with Gasteiger partial charge in [0.25, 0.3) is 0 Å². The van der Waals surface area contributed by atoms with E-state index in [1.165, 1.54) is 0 Å². The first-order valence-corrected chi connectivity index (χ1v) is 13.2. The molecule has 0 bridgehead atoms. The van der Waals surface area contributed by atoms with Gasteiger partial charge >= 0.3 is 0 Å². The van der Waals surface area contributed by atoms with E-state index in [1.807, 2.05) is 47.5 Å². The summed E-state index contributed by atoms with van der Waals surface area (Å²) < 4.78 is 13.0. The summed E-state index contributed by atoms with van der Waals surface area (Å²) in [6, 6.07) is 12.5. The van der Waals surface area contributed by atoms with Gasteiger partial charge < -0.3 is 25.4 Å². The lowest BCUT2D eigenvalue weighted by atomic mass is 10.2. The van der Waals surface area contributed by atoms with Gasteiger partial charge in [-0.2, -0.15) is 5.10 Å². The third kappa shape index (κ3) is 6.99. The smallest absolute Gasteiger partial charge is 0.124 e. The van der Waals surface area contributed by atoms with Crippen LogP contribution in [0, 0.1) is 0 Å². The minimum atomic E-state index is 0.392. The normalized spacial score (nSPS) is 11.3. The molecular formula is C29H39N7O2. The van der Waals surface area contributed by atoms with E-state index in [1.54, 1.807) is 14.2 Å². The molecule has 2 heterocycles. The molecule has 0 aliphatic heterocycles. The quantitative estimate of drug-likeness (QED) is 0.231. The molecule has 9 nitrogen and oxygen atoms in total. The number of aromatic nitrogens is 4. The maximum absolute atomic E-state index is 5.60. The molecule has 4 aromatic rings. The van der Waals surface area contributed by atoms with Gasteiger partial charge in [0.2, 0.25) is 0 Å². The van der Waals surface area contributed by atoms with Crippen LogP contribution in [0.1, 0.15) is 33.1 Å². The molecule has 0 amide bonds. The lowest BCUT2D eigenvalue weighted by Crippen LogP contribution is -2.32. The van der Waals surface area contributed by atoms with E-state index < -0.39 is 0 Å². The predicted molar refractivity (Wildman–Crippen MR) is 153 cm³/mol. The van der Waals surface area contributed by atoms with E-state index in [4.69, 9.17) is 20.2 Å². The fraction of sp³-hybridized carbons (Fsp3) is 0.414. The Labute approximate surface area is 225 Å². The third-order valence-corrected chi connectivity index (χ3v) is 6.39. The van der Waals surface area contributed by atoms with E-state index in [0.717, 1.165) is 90.6 Å². The maximum atomic E-state index is 5.60. The summed E-state index contributed by atoms with van der Waals surface area (Å²) in [5, 5.41) is 8.03. The van der Waals surface area contributed by atoms with Crippen LogP contribution in [0.2, 0.25) is 0 Å². The Morgan fingerprint density at radius 2 is 1.74 bits per heavy atom. The van der Waals surface area contributed by atoms with Crippen molar-refractivity contribution in [3.8, 4) is 22.8 Å². The Kier molecular flexibility index (Phi) is 9.51. The second-order valence-corrected chi connectivity index (χ2v) is 9.60. The van der Waals surface area contributed by atoms with Gasteiger partial charge in [0.15, 0.2) is 0 Å². The number of hydrogen-bond acceptors (Lipinski definition) is 8. The van der Waals surface area contributed by atoms with Crippen molar-refractivity contribution in [2.24, 2.45) is 5.73 Å². The Balaban J connectivity index is 1.64. The molecule has 3 N–H and O–H groups in total.